The van der Waals surface area contributed by atoms with E-state index in [0.29, 0.717) is 0 Å². The molecule has 20 heavy (non-hydrogen) atoms. The zero-order valence-corrected chi connectivity index (χ0v) is 11.9. The van der Waals surface area contributed by atoms with E-state index in [1.54, 1.807) is 6.92 Å². The lowest BCUT2D eigenvalue weighted by atomic mass is 9.94. The van der Waals surface area contributed by atoms with Gasteiger partial charge in [0, 0.05) is 20.8 Å². The molecule has 1 heterocycles. The van der Waals surface area contributed by atoms with E-state index in [1.165, 1.54) is 20.8 Å². The lowest BCUT2D eigenvalue weighted by molar-refractivity contribution is -0.222. The number of esters is 1. The van der Waals surface area contributed by atoms with E-state index >= 15 is 0 Å². The van der Waals surface area contributed by atoms with Gasteiger partial charge in [0.25, 0.3) is 0 Å². The summed E-state index contributed by atoms with van der Waals surface area (Å²) in [4.78, 5) is 33.7. The van der Waals surface area contributed by atoms with Gasteiger partial charge in [0.05, 0.1) is 12.1 Å². The second kappa shape index (κ2) is 6.67. The molecule has 8 nitrogen and oxygen atoms in total. The van der Waals surface area contributed by atoms with Crippen LogP contribution >= 0.6 is 0 Å². The third-order valence-electron chi connectivity index (χ3n) is 2.92. The molecule has 8 heteroatoms. The number of hydrogen-bond donors (Lipinski definition) is 3. The van der Waals surface area contributed by atoms with E-state index in [2.05, 4.69) is 10.6 Å². The quantitative estimate of drug-likeness (QED) is 0.554. The second-order valence-corrected chi connectivity index (χ2v) is 4.76. The summed E-state index contributed by atoms with van der Waals surface area (Å²) in [7, 11) is 0. The summed E-state index contributed by atoms with van der Waals surface area (Å²) >= 11 is 0. The number of carbonyl (C=O) groups excluding carboxylic acids is 3. The Kier molecular flexibility index (Phi) is 5.46. The molecule has 1 aliphatic heterocycles. The van der Waals surface area contributed by atoms with Crippen molar-refractivity contribution in [1.82, 2.24) is 10.6 Å². The van der Waals surface area contributed by atoms with Crippen LogP contribution in [0.3, 0.4) is 0 Å². The number of hydrogen-bond acceptors (Lipinski definition) is 6. The van der Waals surface area contributed by atoms with Gasteiger partial charge in [-0.3, -0.25) is 14.4 Å². The highest BCUT2D eigenvalue weighted by atomic mass is 16.6. The lowest BCUT2D eigenvalue weighted by Gasteiger charge is -2.43. The van der Waals surface area contributed by atoms with Gasteiger partial charge in [-0.15, -0.1) is 0 Å². The Balaban J connectivity index is 3.01. The summed E-state index contributed by atoms with van der Waals surface area (Å²) in [5.41, 5.74) is 0. The van der Waals surface area contributed by atoms with Gasteiger partial charge in [-0.25, -0.2) is 0 Å². The number of carbonyl (C=O) groups is 3. The number of amides is 2. The first-order valence-electron chi connectivity index (χ1n) is 6.27. The van der Waals surface area contributed by atoms with Crippen molar-refractivity contribution in [2.45, 2.75) is 58.3 Å². The van der Waals surface area contributed by atoms with Crippen molar-refractivity contribution >= 4 is 17.8 Å². The molecule has 1 aliphatic rings. The van der Waals surface area contributed by atoms with E-state index < -0.39 is 42.5 Å². The molecule has 0 aliphatic carbocycles. The summed E-state index contributed by atoms with van der Waals surface area (Å²) in [6, 6.07) is -1.62. The Labute approximate surface area is 116 Å². The zero-order valence-electron chi connectivity index (χ0n) is 11.9. The average molecular weight is 288 g/mol. The third kappa shape index (κ3) is 4.17. The van der Waals surface area contributed by atoms with Gasteiger partial charge in [0.1, 0.15) is 12.1 Å². The molecule has 5 atom stereocenters. The van der Waals surface area contributed by atoms with E-state index in [0.717, 1.165) is 0 Å². The fourth-order valence-electron chi connectivity index (χ4n) is 2.20. The van der Waals surface area contributed by atoms with Crippen LogP contribution in [0.25, 0.3) is 0 Å². The van der Waals surface area contributed by atoms with Crippen molar-refractivity contribution in [3.05, 3.63) is 0 Å². The highest BCUT2D eigenvalue weighted by Crippen LogP contribution is 2.22. The van der Waals surface area contributed by atoms with Crippen molar-refractivity contribution in [3.8, 4) is 0 Å². The maximum Gasteiger partial charge on any atom is 0.303 e. The van der Waals surface area contributed by atoms with Crippen LogP contribution in [-0.2, 0) is 23.9 Å². The SMILES string of the molecule is CC(=O)N[C@@H]1[C@@H](OC(C)=O)[C@H](NC(C)=O)[C@@H](C)O[C@@H]1O. The lowest BCUT2D eigenvalue weighted by Crippen LogP contribution is -2.67. The van der Waals surface area contributed by atoms with Gasteiger partial charge in [0.2, 0.25) is 11.8 Å². The number of aliphatic hydroxyl groups excluding tert-OH is 1. The first-order chi connectivity index (χ1) is 9.22. The largest absolute Gasteiger partial charge is 0.458 e. The van der Waals surface area contributed by atoms with E-state index in [4.69, 9.17) is 9.47 Å². The highest BCUT2D eigenvalue weighted by Gasteiger charge is 2.46. The molecule has 0 aromatic carbocycles. The molecule has 0 radical (unpaired) electrons. The average Bonchev–Trinajstić information content (AvgIpc) is 2.27. The number of rotatable bonds is 3. The standard InChI is InChI=1S/C12H20N2O6/c1-5-9(13-6(2)15)11(20-8(4)17)10(12(18)19-5)14-7(3)16/h5,9-12,18H,1-4H3,(H,13,15)(H,14,16)/t5-,9-,10-,11+,12+/m1/s1. The molecule has 3 N–H and O–H groups in total. The van der Waals surface area contributed by atoms with Gasteiger partial charge >= 0.3 is 5.97 Å². The number of nitrogens with one attached hydrogen (secondary N) is 2. The maximum atomic E-state index is 11.2. The molecule has 0 spiro atoms. The Morgan fingerprint density at radius 3 is 2.00 bits per heavy atom. The van der Waals surface area contributed by atoms with Crippen LogP contribution in [0.2, 0.25) is 0 Å². The van der Waals surface area contributed by atoms with Crippen LogP contribution in [0.4, 0.5) is 0 Å². The van der Waals surface area contributed by atoms with Gasteiger partial charge < -0.3 is 25.2 Å². The van der Waals surface area contributed by atoms with E-state index in [9.17, 15) is 19.5 Å². The number of aliphatic hydroxyl groups is 1. The normalized spacial score (nSPS) is 33.1. The molecule has 2 amide bonds. The molecule has 1 saturated heterocycles. The monoisotopic (exact) mass is 288 g/mol. The van der Waals surface area contributed by atoms with Gasteiger partial charge in [0.15, 0.2) is 6.29 Å². The second-order valence-electron chi connectivity index (χ2n) is 4.76. The maximum absolute atomic E-state index is 11.2. The van der Waals surface area contributed by atoms with Crippen molar-refractivity contribution in [2.24, 2.45) is 0 Å². The highest BCUT2D eigenvalue weighted by molar-refractivity contribution is 5.74. The molecule has 0 saturated carbocycles. The Bertz CT molecular complexity index is 371. The topological polar surface area (TPSA) is 114 Å². The summed E-state index contributed by atoms with van der Waals surface area (Å²) in [5.74, 6) is -1.33. The van der Waals surface area contributed by atoms with Gasteiger partial charge in [-0.05, 0) is 6.92 Å². The minimum atomic E-state index is -1.33. The minimum absolute atomic E-state index is 0.333. The van der Waals surface area contributed by atoms with Crippen LogP contribution < -0.4 is 10.6 Å². The van der Waals surface area contributed by atoms with Crippen LogP contribution in [0.5, 0.6) is 0 Å². The molecular weight excluding hydrogens is 268 g/mol. The van der Waals surface area contributed by atoms with Gasteiger partial charge in [-0.1, -0.05) is 0 Å². The predicted molar refractivity (Wildman–Crippen MR) is 67.3 cm³/mol. The minimum Gasteiger partial charge on any atom is -0.458 e. The predicted octanol–water partition coefficient (Wildman–Crippen LogP) is -1.34. The summed E-state index contributed by atoms with van der Waals surface area (Å²) in [6.45, 7) is 5.42. The van der Waals surface area contributed by atoms with Crippen LogP contribution in [0.15, 0.2) is 0 Å². The molecule has 0 bridgehead atoms. The number of ether oxygens (including phenoxy) is 2. The third-order valence-corrected chi connectivity index (χ3v) is 2.92. The molecule has 1 fully saturated rings. The Morgan fingerprint density at radius 1 is 1.05 bits per heavy atom. The summed E-state index contributed by atoms with van der Waals surface area (Å²) < 4.78 is 10.4. The van der Waals surface area contributed by atoms with Crippen molar-refractivity contribution in [3.63, 3.8) is 0 Å². The smallest absolute Gasteiger partial charge is 0.303 e. The van der Waals surface area contributed by atoms with Crippen molar-refractivity contribution < 1.29 is 29.0 Å². The fourth-order valence-corrected chi connectivity index (χ4v) is 2.20. The molecule has 0 unspecified atom stereocenters. The van der Waals surface area contributed by atoms with Crippen LogP contribution in [-0.4, -0.2) is 53.5 Å². The van der Waals surface area contributed by atoms with Gasteiger partial charge in [-0.2, -0.15) is 0 Å². The molecule has 114 valence electrons. The first-order valence-corrected chi connectivity index (χ1v) is 6.27. The molecule has 0 aromatic rings. The summed E-state index contributed by atoms with van der Waals surface area (Å²) in [6.07, 6.45) is -2.83. The van der Waals surface area contributed by atoms with E-state index in [1.807, 2.05) is 0 Å². The fraction of sp³-hybridized carbons (Fsp3) is 0.750. The summed E-state index contributed by atoms with van der Waals surface area (Å²) in [5, 5.41) is 15.0. The molecule has 0 aromatic heterocycles. The first kappa shape index (κ1) is 16.4. The van der Waals surface area contributed by atoms with Crippen molar-refractivity contribution in [2.75, 3.05) is 0 Å². The molecule has 1 rings (SSSR count). The van der Waals surface area contributed by atoms with E-state index in [-0.39, 0.29) is 5.91 Å². The zero-order chi connectivity index (χ0) is 15.4. The van der Waals surface area contributed by atoms with Crippen LogP contribution in [0, 0.1) is 0 Å². The van der Waals surface area contributed by atoms with Crippen LogP contribution in [0.1, 0.15) is 27.7 Å². The van der Waals surface area contributed by atoms with Crippen molar-refractivity contribution in [1.29, 1.82) is 0 Å². The Morgan fingerprint density at radius 2 is 1.55 bits per heavy atom. The Hall–Kier alpha value is -1.67. The molecular formula is C12H20N2O6.